The molecule has 0 bridgehead atoms. The number of carbonyl (C=O) groups excluding carboxylic acids is 1. The van der Waals surface area contributed by atoms with Gasteiger partial charge in [-0.1, -0.05) is 6.92 Å². The lowest BCUT2D eigenvalue weighted by atomic mass is 10.0. The van der Waals surface area contributed by atoms with Crippen molar-refractivity contribution >= 4 is 5.91 Å². The molecule has 5 nitrogen and oxygen atoms in total. The number of hydrogen-bond acceptors (Lipinski definition) is 4. The lowest BCUT2D eigenvalue weighted by molar-refractivity contribution is -0.134. The molecule has 126 valence electrons. The van der Waals surface area contributed by atoms with Crippen LogP contribution in [0.2, 0.25) is 0 Å². The Morgan fingerprint density at radius 2 is 1.45 bits per heavy atom. The number of rotatable bonds is 4. The van der Waals surface area contributed by atoms with E-state index in [4.69, 9.17) is 0 Å². The minimum Gasteiger partial charge on any atom is -0.341 e. The Bertz CT molecular complexity index is 354. The zero-order valence-electron chi connectivity index (χ0n) is 14.2. The normalized spacial score (nSPS) is 26.7. The molecule has 0 N–H and O–H groups in total. The maximum atomic E-state index is 12.5. The number of piperazine rings is 1. The molecule has 0 aromatic heterocycles. The second-order valence-corrected chi connectivity index (χ2v) is 7.07. The van der Waals surface area contributed by atoms with Crippen molar-refractivity contribution in [3.05, 3.63) is 0 Å². The Labute approximate surface area is 135 Å². The molecule has 3 heterocycles. The topological polar surface area (TPSA) is 30.0 Å². The fourth-order valence-corrected chi connectivity index (χ4v) is 4.14. The average Bonchev–Trinajstić information content (AvgIpc) is 3.10. The number of piperidine rings is 1. The summed E-state index contributed by atoms with van der Waals surface area (Å²) < 4.78 is 0. The zero-order valence-corrected chi connectivity index (χ0v) is 14.2. The third kappa shape index (κ3) is 4.00. The fraction of sp³-hybridized carbons (Fsp3) is 0.941. The van der Waals surface area contributed by atoms with Gasteiger partial charge in [-0.2, -0.15) is 0 Å². The van der Waals surface area contributed by atoms with E-state index in [9.17, 15) is 4.79 Å². The second-order valence-electron chi connectivity index (χ2n) is 7.07. The number of nitrogens with zero attached hydrogens (tertiary/aromatic N) is 4. The molecular formula is C17H32N4O. The Morgan fingerprint density at radius 3 is 2.05 bits per heavy atom. The van der Waals surface area contributed by atoms with Crippen molar-refractivity contribution in [1.82, 2.24) is 19.6 Å². The van der Waals surface area contributed by atoms with Crippen LogP contribution in [0.25, 0.3) is 0 Å². The molecule has 0 aromatic rings. The predicted molar refractivity (Wildman–Crippen MR) is 89.0 cm³/mol. The highest BCUT2D eigenvalue weighted by Crippen LogP contribution is 2.21. The Morgan fingerprint density at radius 1 is 0.864 bits per heavy atom. The molecule has 3 rings (SSSR count). The molecular weight excluding hydrogens is 276 g/mol. The Balaban J connectivity index is 1.38. The van der Waals surface area contributed by atoms with Gasteiger partial charge in [0, 0.05) is 45.3 Å². The molecule has 0 aromatic carbocycles. The largest absolute Gasteiger partial charge is 0.341 e. The van der Waals surface area contributed by atoms with E-state index in [2.05, 4.69) is 26.5 Å². The van der Waals surface area contributed by atoms with Gasteiger partial charge in [-0.05, 0) is 45.3 Å². The minimum absolute atomic E-state index is 0.352. The molecule has 3 saturated heterocycles. The summed E-state index contributed by atoms with van der Waals surface area (Å²) in [7, 11) is 0. The van der Waals surface area contributed by atoms with Gasteiger partial charge in [-0.3, -0.25) is 9.69 Å². The number of likely N-dealkylation sites (tertiary alicyclic amines) is 2. The van der Waals surface area contributed by atoms with E-state index in [0.29, 0.717) is 12.5 Å². The van der Waals surface area contributed by atoms with Crippen molar-refractivity contribution in [3.8, 4) is 0 Å². The maximum absolute atomic E-state index is 12.5. The van der Waals surface area contributed by atoms with Crippen LogP contribution < -0.4 is 0 Å². The van der Waals surface area contributed by atoms with Crippen LogP contribution >= 0.6 is 0 Å². The Kier molecular flexibility index (Phi) is 5.71. The molecule has 0 saturated carbocycles. The molecule has 0 spiro atoms. The molecule has 5 heteroatoms. The molecule has 0 radical (unpaired) electrons. The second kappa shape index (κ2) is 7.75. The maximum Gasteiger partial charge on any atom is 0.236 e. The lowest BCUT2D eigenvalue weighted by Gasteiger charge is -2.38. The van der Waals surface area contributed by atoms with Crippen LogP contribution in [0, 0.1) is 0 Å². The van der Waals surface area contributed by atoms with Crippen molar-refractivity contribution in [2.24, 2.45) is 0 Å². The first kappa shape index (κ1) is 16.2. The summed E-state index contributed by atoms with van der Waals surface area (Å²) in [5, 5.41) is 0. The highest BCUT2D eigenvalue weighted by atomic mass is 16.2. The third-order valence-corrected chi connectivity index (χ3v) is 5.75. The van der Waals surface area contributed by atoms with E-state index in [-0.39, 0.29) is 0 Å². The highest BCUT2D eigenvalue weighted by molar-refractivity contribution is 5.78. The van der Waals surface area contributed by atoms with Crippen LogP contribution in [-0.2, 0) is 4.79 Å². The standard InChI is InChI=1S/C17H32N4O/c1-2-18-11-13-19(14-12-18)15-17(22)21-9-5-16(6-10-21)20-7-3-4-8-20/h16H,2-15H2,1H3. The van der Waals surface area contributed by atoms with Crippen LogP contribution in [0.15, 0.2) is 0 Å². The molecule has 0 aliphatic carbocycles. The number of amides is 1. The summed E-state index contributed by atoms with van der Waals surface area (Å²) in [6.07, 6.45) is 5.08. The van der Waals surface area contributed by atoms with Crippen molar-refractivity contribution in [2.45, 2.75) is 38.6 Å². The quantitative estimate of drug-likeness (QED) is 0.765. The van der Waals surface area contributed by atoms with Crippen molar-refractivity contribution < 1.29 is 4.79 Å². The number of hydrogen-bond donors (Lipinski definition) is 0. The van der Waals surface area contributed by atoms with Gasteiger partial charge in [0.05, 0.1) is 6.54 Å². The number of likely N-dealkylation sites (N-methyl/N-ethyl adjacent to an activating group) is 1. The molecule has 3 aliphatic rings. The summed E-state index contributed by atoms with van der Waals surface area (Å²) >= 11 is 0. The zero-order chi connectivity index (χ0) is 15.4. The highest BCUT2D eigenvalue weighted by Gasteiger charge is 2.29. The lowest BCUT2D eigenvalue weighted by Crippen LogP contribution is -2.52. The van der Waals surface area contributed by atoms with E-state index in [0.717, 1.165) is 51.9 Å². The van der Waals surface area contributed by atoms with Gasteiger partial charge in [0.1, 0.15) is 0 Å². The molecule has 3 aliphatic heterocycles. The van der Waals surface area contributed by atoms with E-state index >= 15 is 0 Å². The summed E-state index contributed by atoms with van der Waals surface area (Å²) in [4.78, 5) is 22.1. The summed E-state index contributed by atoms with van der Waals surface area (Å²) in [5.74, 6) is 0.352. The van der Waals surface area contributed by atoms with Gasteiger partial charge in [-0.15, -0.1) is 0 Å². The van der Waals surface area contributed by atoms with Gasteiger partial charge in [0.2, 0.25) is 5.91 Å². The first-order valence-corrected chi connectivity index (χ1v) is 9.23. The molecule has 3 fully saturated rings. The SMILES string of the molecule is CCN1CCN(CC(=O)N2CCC(N3CCCC3)CC2)CC1. The fourth-order valence-electron chi connectivity index (χ4n) is 4.14. The van der Waals surface area contributed by atoms with Gasteiger partial charge in [-0.25, -0.2) is 0 Å². The summed E-state index contributed by atoms with van der Waals surface area (Å²) in [6, 6.07) is 0.736. The van der Waals surface area contributed by atoms with Crippen molar-refractivity contribution in [2.75, 3.05) is 65.4 Å². The van der Waals surface area contributed by atoms with Crippen LogP contribution in [0.4, 0.5) is 0 Å². The first-order valence-electron chi connectivity index (χ1n) is 9.23. The van der Waals surface area contributed by atoms with Gasteiger partial charge >= 0.3 is 0 Å². The molecule has 0 unspecified atom stereocenters. The summed E-state index contributed by atoms with van der Waals surface area (Å²) in [5.41, 5.74) is 0. The summed E-state index contributed by atoms with van der Waals surface area (Å²) in [6.45, 7) is 12.8. The minimum atomic E-state index is 0.352. The molecule has 0 atom stereocenters. The predicted octanol–water partition coefficient (Wildman–Crippen LogP) is 0.711. The van der Waals surface area contributed by atoms with Crippen LogP contribution in [0.5, 0.6) is 0 Å². The molecule has 22 heavy (non-hydrogen) atoms. The van der Waals surface area contributed by atoms with E-state index in [1.165, 1.54) is 38.8 Å². The smallest absolute Gasteiger partial charge is 0.236 e. The van der Waals surface area contributed by atoms with E-state index in [1.54, 1.807) is 0 Å². The van der Waals surface area contributed by atoms with Crippen LogP contribution in [0.1, 0.15) is 32.6 Å². The van der Waals surface area contributed by atoms with Crippen LogP contribution in [-0.4, -0.2) is 97.0 Å². The average molecular weight is 308 g/mol. The Hall–Kier alpha value is -0.650. The van der Waals surface area contributed by atoms with Crippen LogP contribution in [0.3, 0.4) is 0 Å². The number of carbonyl (C=O) groups is 1. The first-order chi connectivity index (χ1) is 10.8. The molecule has 1 amide bonds. The van der Waals surface area contributed by atoms with Crippen molar-refractivity contribution in [3.63, 3.8) is 0 Å². The van der Waals surface area contributed by atoms with Gasteiger partial charge < -0.3 is 14.7 Å². The van der Waals surface area contributed by atoms with Crippen molar-refractivity contribution in [1.29, 1.82) is 0 Å². The van der Waals surface area contributed by atoms with Gasteiger partial charge in [0.25, 0.3) is 0 Å². The third-order valence-electron chi connectivity index (χ3n) is 5.75. The van der Waals surface area contributed by atoms with E-state index in [1.807, 2.05) is 0 Å². The monoisotopic (exact) mass is 308 g/mol. The van der Waals surface area contributed by atoms with Gasteiger partial charge in [0.15, 0.2) is 0 Å². The van der Waals surface area contributed by atoms with E-state index < -0.39 is 0 Å².